The van der Waals surface area contributed by atoms with E-state index in [1.165, 1.54) is 9.37 Å². The van der Waals surface area contributed by atoms with E-state index in [0.29, 0.717) is 5.41 Å². The van der Waals surface area contributed by atoms with E-state index < -0.39 is 0 Å². The van der Waals surface area contributed by atoms with Crippen LogP contribution in [-0.4, -0.2) is 24.7 Å². The van der Waals surface area contributed by atoms with Gasteiger partial charge in [0.1, 0.15) is 0 Å². The van der Waals surface area contributed by atoms with Gasteiger partial charge in [0.05, 0.1) is 0 Å². The summed E-state index contributed by atoms with van der Waals surface area (Å²) in [4.78, 5) is 1.32. The lowest BCUT2D eigenvalue weighted by Crippen LogP contribution is -2.33. The van der Waals surface area contributed by atoms with Crippen molar-refractivity contribution in [3.63, 3.8) is 0 Å². The summed E-state index contributed by atoms with van der Waals surface area (Å²) in [7, 11) is 0. The van der Waals surface area contributed by atoms with E-state index >= 15 is 0 Å². The second kappa shape index (κ2) is 6.50. The van der Waals surface area contributed by atoms with Crippen LogP contribution in [0.1, 0.15) is 12.8 Å². The number of hydrogen-bond donors (Lipinski definition) is 1. The molecule has 17 heavy (non-hydrogen) atoms. The fourth-order valence-electron chi connectivity index (χ4n) is 1.95. The minimum Gasteiger partial charge on any atom is -0.381 e. The van der Waals surface area contributed by atoms with E-state index in [9.17, 15) is 0 Å². The van der Waals surface area contributed by atoms with Gasteiger partial charge in [0, 0.05) is 28.3 Å². The molecule has 2 rings (SSSR count). The minimum absolute atomic E-state index is 0.349. The molecule has 1 aliphatic heterocycles. The van der Waals surface area contributed by atoms with Crippen LogP contribution >= 0.6 is 40.3 Å². The molecule has 0 radical (unpaired) electrons. The lowest BCUT2D eigenvalue weighted by molar-refractivity contribution is 0.0371. The van der Waals surface area contributed by atoms with Gasteiger partial charge in [0.25, 0.3) is 0 Å². The zero-order valence-corrected chi connectivity index (χ0v) is 13.0. The molecule has 0 N–H and O–H groups in total. The molecule has 94 valence electrons. The predicted molar refractivity (Wildman–Crippen MR) is 81.2 cm³/mol. The van der Waals surface area contributed by atoms with Crippen molar-refractivity contribution in [3.8, 4) is 0 Å². The van der Waals surface area contributed by atoms with Crippen LogP contribution in [0, 0.1) is 5.41 Å². The van der Waals surface area contributed by atoms with E-state index in [1.807, 2.05) is 11.8 Å². The number of thiol groups is 1. The van der Waals surface area contributed by atoms with Gasteiger partial charge in [-0.25, -0.2) is 0 Å². The summed E-state index contributed by atoms with van der Waals surface area (Å²) in [5.74, 6) is 2.08. The molecule has 1 aromatic carbocycles. The topological polar surface area (TPSA) is 9.23 Å². The van der Waals surface area contributed by atoms with Gasteiger partial charge in [-0.05, 0) is 52.1 Å². The summed E-state index contributed by atoms with van der Waals surface area (Å²) in [6.07, 6.45) is 2.27. The molecule has 4 heteroatoms. The quantitative estimate of drug-likeness (QED) is 0.651. The molecular formula is C13H17BrOS2. The highest BCUT2D eigenvalue weighted by Gasteiger charge is 2.31. The van der Waals surface area contributed by atoms with Crippen molar-refractivity contribution in [2.75, 3.05) is 24.7 Å². The Bertz CT molecular complexity index is 364. The first-order chi connectivity index (χ1) is 8.26. The molecule has 0 spiro atoms. The van der Waals surface area contributed by atoms with E-state index in [2.05, 4.69) is 52.8 Å². The maximum atomic E-state index is 5.45. The Kier molecular flexibility index (Phi) is 5.27. The second-order valence-electron chi connectivity index (χ2n) is 4.49. The van der Waals surface area contributed by atoms with Gasteiger partial charge in [-0.15, -0.1) is 11.8 Å². The molecule has 0 unspecified atom stereocenters. The Morgan fingerprint density at radius 2 is 2.00 bits per heavy atom. The Morgan fingerprint density at radius 1 is 1.29 bits per heavy atom. The molecule has 1 aromatic rings. The highest BCUT2D eigenvalue weighted by molar-refractivity contribution is 9.10. The van der Waals surface area contributed by atoms with Gasteiger partial charge in [0.15, 0.2) is 0 Å². The van der Waals surface area contributed by atoms with Crippen LogP contribution in [0.25, 0.3) is 0 Å². The van der Waals surface area contributed by atoms with Crippen molar-refractivity contribution in [2.24, 2.45) is 5.41 Å². The van der Waals surface area contributed by atoms with Crippen molar-refractivity contribution < 1.29 is 4.74 Å². The predicted octanol–water partition coefficient (Wildman–Crippen LogP) is 4.27. The monoisotopic (exact) mass is 332 g/mol. The molecular weight excluding hydrogens is 316 g/mol. The van der Waals surface area contributed by atoms with E-state index in [0.717, 1.165) is 37.6 Å². The number of benzene rings is 1. The smallest absolute Gasteiger partial charge is 0.0471 e. The second-order valence-corrected chi connectivity index (χ2v) is 6.68. The van der Waals surface area contributed by atoms with E-state index in [1.54, 1.807) is 0 Å². The van der Waals surface area contributed by atoms with Crippen molar-refractivity contribution in [3.05, 3.63) is 28.7 Å². The number of hydrogen-bond acceptors (Lipinski definition) is 3. The molecule has 1 fully saturated rings. The Balaban J connectivity index is 1.98. The molecule has 1 saturated heterocycles. The van der Waals surface area contributed by atoms with Crippen molar-refractivity contribution in [1.29, 1.82) is 0 Å². The van der Waals surface area contributed by atoms with E-state index in [4.69, 9.17) is 4.74 Å². The largest absolute Gasteiger partial charge is 0.381 e. The van der Waals surface area contributed by atoms with Gasteiger partial charge in [-0.2, -0.15) is 12.6 Å². The third-order valence-corrected chi connectivity index (χ3v) is 6.31. The molecule has 0 aliphatic carbocycles. The van der Waals surface area contributed by atoms with Crippen LogP contribution in [-0.2, 0) is 4.74 Å². The molecule has 0 saturated carbocycles. The SMILES string of the molecule is SCC1(CSc2ccccc2Br)CCOCC1. The van der Waals surface area contributed by atoms with Gasteiger partial charge in [0.2, 0.25) is 0 Å². The van der Waals surface area contributed by atoms with Crippen LogP contribution in [0.4, 0.5) is 0 Å². The molecule has 1 aliphatic rings. The standard InChI is InChI=1S/C13H17BrOS2/c14-11-3-1-2-4-12(11)17-10-13(9-16)5-7-15-8-6-13/h1-4,16H,5-10H2. The van der Waals surface area contributed by atoms with E-state index in [-0.39, 0.29) is 0 Å². The normalized spacial score (nSPS) is 19.2. The number of thioether (sulfide) groups is 1. The summed E-state index contributed by atoms with van der Waals surface area (Å²) in [5.41, 5.74) is 0.349. The molecule has 0 aromatic heterocycles. The molecule has 0 bridgehead atoms. The average molecular weight is 333 g/mol. The average Bonchev–Trinajstić information content (AvgIpc) is 2.39. The molecule has 0 amide bonds. The molecule has 1 heterocycles. The summed E-state index contributed by atoms with van der Waals surface area (Å²) in [6, 6.07) is 8.40. The zero-order chi connectivity index (χ0) is 12.1. The maximum Gasteiger partial charge on any atom is 0.0471 e. The fourth-order valence-corrected chi connectivity index (χ4v) is 4.39. The number of ether oxygens (including phenoxy) is 1. The summed E-state index contributed by atoms with van der Waals surface area (Å²) < 4.78 is 6.64. The molecule has 1 nitrogen and oxygen atoms in total. The van der Waals surface area contributed by atoms with Crippen LogP contribution in [0.5, 0.6) is 0 Å². The highest BCUT2D eigenvalue weighted by atomic mass is 79.9. The highest BCUT2D eigenvalue weighted by Crippen LogP contribution is 2.39. The number of rotatable bonds is 4. The summed E-state index contributed by atoms with van der Waals surface area (Å²) in [6.45, 7) is 1.77. The third kappa shape index (κ3) is 3.66. The van der Waals surface area contributed by atoms with Crippen LogP contribution < -0.4 is 0 Å². The van der Waals surface area contributed by atoms with Crippen LogP contribution in [0.2, 0.25) is 0 Å². The van der Waals surface area contributed by atoms with Crippen molar-refractivity contribution in [1.82, 2.24) is 0 Å². The van der Waals surface area contributed by atoms with Crippen LogP contribution in [0.3, 0.4) is 0 Å². The minimum atomic E-state index is 0.349. The molecule has 0 atom stereocenters. The van der Waals surface area contributed by atoms with Crippen LogP contribution in [0.15, 0.2) is 33.6 Å². The first-order valence-corrected chi connectivity index (χ1v) is 8.23. The van der Waals surface area contributed by atoms with Gasteiger partial charge in [-0.3, -0.25) is 0 Å². The summed E-state index contributed by atoms with van der Waals surface area (Å²) >= 11 is 10.1. The van der Waals surface area contributed by atoms with Gasteiger partial charge in [-0.1, -0.05) is 12.1 Å². The first-order valence-electron chi connectivity index (χ1n) is 5.82. The van der Waals surface area contributed by atoms with Gasteiger partial charge < -0.3 is 4.74 Å². The third-order valence-electron chi connectivity index (χ3n) is 3.26. The fraction of sp³-hybridized carbons (Fsp3) is 0.538. The van der Waals surface area contributed by atoms with Gasteiger partial charge >= 0.3 is 0 Å². The summed E-state index contributed by atoms with van der Waals surface area (Å²) in [5, 5.41) is 0. The Morgan fingerprint density at radius 3 is 2.65 bits per heavy atom. The lowest BCUT2D eigenvalue weighted by Gasteiger charge is -2.35. The lowest BCUT2D eigenvalue weighted by atomic mass is 9.84. The van der Waals surface area contributed by atoms with Crippen molar-refractivity contribution in [2.45, 2.75) is 17.7 Å². The Hall–Kier alpha value is 0.360. The maximum absolute atomic E-state index is 5.45. The van der Waals surface area contributed by atoms with Crippen molar-refractivity contribution >= 4 is 40.3 Å². The number of halogens is 1. The Labute approximate surface area is 121 Å². The first kappa shape index (κ1) is 13.8. The zero-order valence-electron chi connectivity index (χ0n) is 9.69.